The highest BCUT2D eigenvalue weighted by molar-refractivity contribution is 5.69. The van der Waals surface area contributed by atoms with Crippen LogP contribution in [-0.2, 0) is 25.4 Å². The normalized spacial score (nSPS) is 17.5. The average molecular weight is 336 g/mol. The highest BCUT2D eigenvalue weighted by Crippen LogP contribution is 2.20. The minimum atomic E-state index is -0.730. The zero-order valence-electron chi connectivity index (χ0n) is 14.1. The third kappa shape index (κ3) is 3.16. The first-order valence-electron chi connectivity index (χ1n) is 8.39. The van der Waals surface area contributed by atoms with Crippen LogP contribution in [-0.4, -0.2) is 42.6 Å². The molecule has 0 spiro atoms. The van der Waals surface area contributed by atoms with Gasteiger partial charge in [0.2, 0.25) is 0 Å². The zero-order valence-corrected chi connectivity index (χ0v) is 14.1. The summed E-state index contributed by atoms with van der Waals surface area (Å²) in [5.74, 6) is 0. The van der Waals surface area contributed by atoms with Crippen LogP contribution < -0.4 is 11.2 Å². The maximum atomic E-state index is 12.3. The Balaban J connectivity index is 1.75. The Labute approximate surface area is 139 Å². The van der Waals surface area contributed by atoms with Gasteiger partial charge in [0.15, 0.2) is 11.2 Å². The van der Waals surface area contributed by atoms with Crippen LogP contribution in [0.1, 0.15) is 32.1 Å². The second kappa shape index (κ2) is 6.90. The van der Waals surface area contributed by atoms with Crippen LogP contribution in [0, 0.1) is 0 Å². The molecule has 2 heterocycles. The third-order valence-electron chi connectivity index (χ3n) is 4.70. The van der Waals surface area contributed by atoms with E-state index in [1.54, 1.807) is 11.6 Å². The van der Waals surface area contributed by atoms with Crippen molar-refractivity contribution in [3.05, 3.63) is 27.2 Å². The summed E-state index contributed by atoms with van der Waals surface area (Å²) in [6.45, 7) is 0.438. The summed E-state index contributed by atoms with van der Waals surface area (Å²) in [5.41, 5.74) is -0.190. The number of fused-ring (bicyclic) bond motifs is 1. The van der Waals surface area contributed by atoms with Gasteiger partial charge >= 0.3 is 5.69 Å². The van der Waals surface area contributed by atoms with Crippen LogP contribution in [0.15, 0.2) is 15.9 Å². The fourth-order valence-corrected chi connectivity index (χ4v) is 3.29. The number of ether oxygens (including phenoxy) is 1. The minimum Gasteiger partial charge on any atom is -0.389 e. The lowest BCUT2D eigenvalue weighted by molar-refractivity contribution is -0.0280. The molecule has 0 aliphatic heterocycles. The Bertz CT molecular complexity index is 829. The topological polar surface area (TPSA) is 91.3 Å². The molecule has 1 saturated carbocycles. The van der Waals surface area contributed by atoms with Gasteiger partial charge < -0.3 is 14.4 Å². The van der Waals surface area contributed by atoms with Crippen molar-refractivity contribution >= 4 is 11.2 Å². The van der Waals surface area contributed by atoms with E-state index in [0.717, 1.165) is 17.4 Å². The van der Waals surface area contributed by atoms with Crippen molar-refractivity contribution in [3.63, 3.8) is 0 Å². The first-order chi connectivity index (χ1) is 11.5. The second-order valence-corrected chi connectivity index (χ2v) is 6.52. The predicted octanol–water partition coefficient (Wildman–Crippen LogP) is 0.144. The number of nitrogens with zero attached hydrogens (tertiary/aromatic N) is 4. The van der Waals surface area contributed by atoms with E-state index in [4.69, 9.17) is 4.74 Å². The maximum absolute atomic E-state index is 12.3. The number of aryl methyl sites for hydroxylation is 1. The summed E-state index contributed by atoms with van der Waals surface area (Å²) in [7, 11) is 3.01. The van der Waals surface area contributed by atoms with Crippen molar-refractivity contribution in [2.45, 2.75) is 50.9 Å². The Kier molecular flexibility index (Phi) is 4.86. The maximum Gasteiger partial charge on any atom is 0.332 e. The number of hydrogen-bond donors (Lipinski definition) is 1. The van der Waals surface area contributed by atoms with Gasteiger partial charge in [0.25, 0.3) is 5.56 Å². The van der Waals surface area contributed by atoms with Crippen LogP contribution in [0.4, 0.5) is 0 Å². The molecule has 2 aromatic heterocycles. The quantitative estimate of drug-likeness (QED) is 0.839. The van der Waals surface area contributed by atoms with Crippen molar-refractivity contribution in [3.8, 4) is 0 Å². The number of aliphatic hydroxyl groups excluding tert-OH is 1. The summed E-state index contributed by atoms with van der Waals surface area (Å²) in [6, 6.07) is 0. The molecule has 0 saturated heterocycles. The highest BCUT2D eigenvalue weighted by atomic mass is 16.5. The zero-order chi connectivity index (χ0) is 17.3. The molecule has 0 aromatic carbocycles. The molecule has 24 heavy (non-hydrogen) atoms. The van der Waals surface area contributed by atoms with E-state index in [0.29, 0.717) is 11.2 Å². The van der Waals surface area contributed by atoms with Gasteiger partial charge in [0.1, 0.15) is 0 Å². The van der Waals surface area contributed by atoms with Crippen molar-refractivity contribution in [2.24, 2.45) is 14.1 Å². The third-order valence-corrected chi connectivity index (χ3v) is 4.70. The molecule has 1 unspecified atom stereocenters. The van der Waals surface area contributed by atoms with E-state index in [1.807, 2.05) is 0 Å². The van der Waals surface area contributed by atoms with Gasteiger partial charge in [0.05, 0.1) is 31.7 Å². The number of aromatic nitrogens is 4. The fraction of sp³-hybridized carbons (Fsp3) is 0.688. The van der Waals surface area contributed by atoms with E-state index in [1.165, 1.54) is 37.2 Å². The molecule has 1 aliphatic rings. The first kappa shape index (κ1) is 16.9. The second-order valence-electron chi connectivity index (χ2n) is 6.52. The lowest BCUT2D eigenvalue weighted by atomic mass is 9.98. The molecule has 1 fully saturated rings. The van der Waals surface area contributed by atoms with E-state index in [-0.39, 0.29) is 19.3 Å². The number of aliphatic hydroxyl groups is 1. The summed E-state index contributed by atoms with van der Waals surface area (Å²) in [6.07, 6.45) is 6.68. The van der Waals surface area contributed by atoms with Crippen LogP contribution in [0.2, 0.25) is 0 Å². The molecule has 0 amide bonds. The summed E-state index contributed by atoms with van der Waals surface area (Å²) < 4.78 is 9.75. The molecule has 0 bridgehead atoms. The van der Waals surface area contributed by atoms with E-state index >= 15 is 0 Å². The SMILES string of the molecule is Cn1c(=O)c2c(ncn2CC(O)COC2CCCCC2)n(C)c1=O. The van der Waals surface area contributed by atoms with Gasteiger partial charge in [0, 0.05) is 14.1 Å². The van der Waals surface area contributed by atoms with Crippen LogP contribution in [0.5, 0.6) is 0 Å². The Hall–Kier alpha value is -1.93. The molecular weight excluding hydrogens is 312 g/mol. The van der Waals surface area contributed by atoms with Gasteiger partial charge in [-0.05, 0) is 12.8 Å². The highest BCUT2D eigenvalue weighted by Gasteiger charge is 2.18. The lowest BCUT2D eigenvalue weighted by Gasteiger charge is -2.23. The van der Waals surface area contributed by atoms with Crippen LogP contribution in [0.3, 0.4) is 0 Å². The van der Waals surface area contributed by atoms with E-state index in [2.05, 4.69) is 4.98 Å². The van der Waals surface area contributed by atoms with Crippen LogP contribution >= 0.6 is 0 Å². The van der Waals surface area contributed by atoms with E-state index < -0.39 is 17.4 Å². The molecule has 0 radical (unpaired) electrons. The molecule has 2 aromatic rings. The predicted molar refractivity (Wildman–Crippen MR) is 89.0 cm³/mol. The summed E-state index contributed by atoms with van der Waals surface area (Å²) in [5, 5.41) is 10.2. The van der Waals surface area contributed by atoms with Gasteiger partial charge in [-0.3, -0.25) is 13.9 Å². The van der Waals surface area contributed by atoms with Crippen LogP contribution in [0.25, 0.3) is 11.2 Å². The number of imidazole rings is 1. The Morgan fingerprint density at radius 1 is 1.25 bits per heavy atom. The van der Waals surface area contributed by atoms with Gasteiger partial charge in [-0.2, -0.15) is 0 Å². The monoisotopic (exact) mass is 336 g/mol. The summed E-state index contributed by atoms with van der Waals surface area (Å²) in [4.78, 5) is 28.4. The van der Waals surface area contributed by atoms with Crippen molar-refractivity contribution < 1.29 is 9.84 Å². The largest absolute Gasteiger partial charge is 0.389 e. The molecule has 8 nitrogen and oxygen atoms in total. The standard InChI is InChI=1S/C16H24N4O4/c1-18-14-13(15(22)19(2)16(18)23)20(10-17-14)8-11(21)9-24-12-6-4-3-5-7-12/h10-12,21H,3-9H2,1-2H3. The van der Waals surface area contributed by atoms with Crippen molar-refractivity contribution in [2.75, 3.05) is 6.61 Å². The first-order valence-corrected chi connectivity index (χ1v) is 8.39. The summed E-state index contributed by atoms with van der Waals surface area (Å²) >= 11 is 0. The molecule has 132 valence electrons. The van der Waals surface area contributed by atoms with Gasteiger partial charge in [-0.1, -0.05) is 19.3 Å². The molecule has 3 rings (SSSR count). The lowest BCUT2D eigenvalue weighted by Crippen LogP contribution is -2.38. The van der Waals surface area contributed by atoms with E-state index in [9.17, 15) is 14.7 Å². The molecule has 1 N–H and O–H groups in total. The van der Waals surface area contributed by atoms with Crippen molar-refractivity contribution in [1.29, 1.82) is 0 Å². The average Bonchev–Trinajstić information content (AvgIpc) is 3.01. The number of rotatable bonds is 5. The molecular formula is C16H24N4O4. The molecule has 8 heteroatoms. The number of hydrogen-bond acceptors (Lipinski definition) is 5. The molecule has 1 aliphatic carbocycles. The molecule has 1 atom stereocenters. The van der Waals surface area contributed by atoms with Gasteiger partial charge in [-0.15, -0.1) is 0 Å². The smallest absolute Gasteiger partial charge is 0.332 e. The Morgan fingerprint density at radius 2 is 1.96 bits per heavy atom. The van der Waals surface area contributed by atoms with Gasteiger partial charge in [-0.25, -0.2) is 9.78 Å². The Morgan fingerprint density at radius 3 is 2.67 bits per heavy atom. The minimum absolute atomic E-state index is 0.205. The van der Waals surface area contributed by atoms with Crippen molar-refractivity contribution in [1.82, 2.24) is 18.7 Å². The fourth-order valence-electron chi connectivity index (χ4n) is 3.29.